The predicted molar refractivity (Wildman–Crippen MR) is 87.0 cm³/mol. The Kier molecular flexibility index (Phi) is 6.80. The Labute approximate surface area is 128 Å². The van der Waals surface area contributed by atoms with Crippen LogP contribution in [0.1, 0.15) is 23.6 Å². The Morgan fingerprint density at radius 3 is 2.43 bits per heavy atom. The highest BCUT2D eigenvalue weighted by molar-refractivity contribution is 7.89. The molecule has 0 aliphatic rings. The van der Waals surface area contributed by atoms with E-state index in [0.29, 0.717) is 24.5 Å². The van der Waals surface area contributed by atoms with Crippen molar-refractivity contribution >= 4 is 10.0 Å². The summed E-state index contributed by atoms with van der Waals surface area (Å²) in [6.45, 7) is 8.45. The molecule has 0 saturated carbocycles. The number of aryl methyl sites for hydroxylation is 1. The van der Waals surface area contributed by atoms with Gasteiger partial charge >= 0.3 is 0 Å². The van der Waals surface area contributed by atoms with E-state index in [0.717, 1.165) is 23.2 Å². The van der Waals surface area contributed by atoms with E-state index in [9.17, 15) is 8.42 Å². The molecule has 0 fully saturated rings. The summed E-state index contributed by atoms with van der Waals surface area (Å²) in [4.78, 5) is 2.33. The fourth-order valence-electron chi connectivity index (χ4n) is 2.03. The van der Waals surface area contributed by atoms with Crippen molar-refractivity contribution in [3.8, 4) is 0 Å². The molecule has 2 N–H and O–H groups in total. The lowest BCUT2D eigenvalue weighted by Crippen LogP contribution is -2.32. The number of nitrogens with zero attached hydrogens (tertiary/aromatic N) is 1. The zero-order chi connectivity index (χ0) is 16.0. The fourth-order valence-corrected chi connectivity index (χ4v) is 3.42. The van der Waals surface area contributed by atoms with Crippen molar-refractivity contribution in [2.24, 2.45) is 0 Å². The third-order valence-corrected chi connectivity index (χ3v) is 4.99. The zero-order valence-corrected chi connectivity index (χ0v) is 14.5. The van der Waals surface area contributed by atoms with Gasteiger partial charge in [0.15, 0.2) is 0 Å². The number of rotatable bonds is 8. The van der Waals surface area contributed by atoms with Crippen LogP contribution in [0, 0.1) is 13.8 Å². The van der Waals surface area contributed by atoms with Crippen LogP contribution < -0.4 is 10.0 Å². The molecule has 1 aromatic rings. The molecule has 0 radical (unpaired) electrons. The van der Waals surface area contributed by atoms with E-state index in [1.807, 2.05) is 45.8 Å². The monoisotopic (exact) mass is 313 g/mol. The summed E-state index contributed by atoms with van der Waals surface area (Å²) in [5.74, 6) is 0. The highest BCUT2D eigenvalue weighted by Crippen LogP contribution is 2.21. The molecule has 0 amide bonds. The summed E-state index contributed by atoms with van der Waals surface area (Å²) in [6.07, 6.45) is 0. The second-order valence-electron chi connectivity index (χ2n) is 5.52. The molecule has 21 heavy (non-hydrogen) atoms. The lowest BCUT2D eigenvalue weighted by atomic mass is 10.1. The Bertz CT molecular complexity index is 569. The first-order chi connectivity index (χ1) is 9.77. The fraction of sp³-hybridized carbons (Fsp3) is 0.600. The first kappa shape index (κ1) is 18.1. The molecular weight excluding hydrogens is 286 g/mol. The molecule has 0 unspecified atom stereocenters. The number of hydrogen-bond donors (Lipinski definition) is 2. The second-order valence-corrected chi connectivity index (χ2v) is 7.25. The quantitative estimate of drug-likeness (QED) is 0.758. The lowest BCUT2D eigenvalue weighted by molar-refractivity contribution is 0.412. The van der Waals surface area contributed by atoms with Crippen LogP contribution >= 0.6 is 0 Å². The van der Waals surface area contributed by atoms with Crippen LogP contribution in [-0.2, 0) is 16.6 Å². The minimum absolute atomic E-state index is 0.383. The van der Waals surface area contributed by atoms with Crippen LogP contribution in [-0.4, -0.2) is 47.0 Å². The number of nitrogens with one attached hydrogen (secondary N) is 2. The largest absolute Gasteiger partial charge is 0.313 e. The first-order valence-electron chi connectivity index (χ1n) is 7.23. The average Bonchev–Trinajstić information content (AvgIpc) is 2.39. The SMILES string of the molecule is CCNCc1cc(C)c(C)c(S(=O)(=O)NCCN(C)C)c1. The average molecular weight is 313 g/mol. The van der Waals surface area contributed by atoms with Gasteiger partial charge in [-0.25, -0.2) is 13.1 Å². The summed E-state index contributed by atoms with van der Waals surface area (Å²) in [5.41, 5.74) is 2.80. The number of sulfonamides is 1. The molecule has 6 heteroatoms. The Hall–Kier alpha value is -0.950. The predicted octanol–water partition coefficient (Wildman–Crippen LogP) is 1.25. The third-order valence-electron chi connectivity index (χ3n) is 3.40. The van der Waals surface area contributed by atoms with Crippen LogP contribution in [0.15, 0.2) is 17.0 Å². The number of likely N-dealkylation sites (N-methyl/N-ethyl adjacent to an activating group) is 1. The minimum Gasteiger partial charge on any atom is -0.313 e. The molecule has 1 rings (SSSR count). The molecule has 0 aromatic heterocycles. The minimum atomic E-state index is -3.46. The maximum absolute atomic E-state index is 12.5. The van der Waals surface area contributed by atoms with E-state index in [-0.39, 0.29) is 0 Å². The van der Waals surface area contributed by atoms with Crippen LogP contribution in [0.3, 0.4) is 0 Å². The van der Waals surface area contributed by atoms with Gasteiger partial charge in [-0.2, -0.15) is 0 Å². The summed E-state index contributed by atoms with van der Waals surface area (Å²) < 4.78 is 27.6. The number of benzene rings is 1. The molecule has 0 atom stereocenters. The van der Waals surface area contributed by atoms with Crippen molar-refractivity contribution in [2.75, 3.05) is 33.7 Å². The summed E-state index contributed by atoms with van der Waals surface area (Å²) in [6, 6.07) is 3.81. The molecule has 0 spiro atoms. The standard InChI is InChI=1S/C15H27N3O2S/c1-6-16-11-14-9-12(2)13(3)15(10-14)21(19,20)17-7-8-18(4)5/h9-10,16-17H,6-8,11H2,1-5H3. The van der Waals surface area contributed by atoms with Gasteiger partial charge < -0.3 is 10.2 Å². The van der Waals surface area contributed by atoms with Gasteiger partial charge in [0, 0.05) is 19.6 Å². The molecular formula is C15H27N3O2S. The van der Waals surface area contributed by atoms with Gasteiger partial charge in [0.25, 0.3) is 0 Å². The lowest BCUT2D eigenvalue weighted by Gasteiger charge is -2.15. The van der Waals surface area contributed by atoms with E-state index >= 15 is 0 Å². The Morgan fingerprint density at radius 1 is 1.19 bits per heavy atom. The van der Waals surface area contributed by atoms with Crippen LogP contribution in [0.2, 0.25) is 0 Å². The molecule has 5 nitrogen and oxygen atoms in total. The van der Waals surface area contributed by atoms with Gasteiger partial charge in [0.05, 0.1) is 4.90 Å². The summed E-state index contributed by atoms with van der Waals surface area (Å²) in [5, 5.41) is 3.23. The topological polar surface area (TPSA) is 61.4 Å². The van der Waals surface area contributed by atoms with Crippen LogP contribution in [0.25, 0.3) is 0 Å². The molecule has 0 saturated heterocycles. The van der Waals surface area contributed by atoms with E-state index in [1.165, 1.54) is 0 Å². The molecule has 120 valence electrons. The summed E-state index contributed by atoms with van der Waals surface area (Å²) in [7, 11) is 0.374. The Balaban J connectivity index is 3.01. The van der Waals surface area contributed by atoms with Crippen molar-refractivity contribution in [1.29, 1.82) is 0 Å². The van der Waals surface area contributed by atoms with Crippen LogP contribution in [0.5, 0.6) is 0 Å². The summed E-state index contributed by atoms with van der Waals surface area (Å²) >= 11 is 0. The van der Waals surface area contributed by atoms with Gasteiger partial charge in [-0.05, 0) is 57.2 Å². The van der Waals surface area contributed by atoms with Gasteiger partial charge in [-0.1, -0.05) is 13.0 Å². The normalized spacial score (nSPS) is 12.1. The van der Waals surface area contributed by atoms with Gasteiger partial charge in [-0.15, -0.1) is 0 Å². The van der Waals surface area contributed by atoms with E-state index in [1.54, 1.807) is 6.07 Å². The number of hydrogen-bond acceptors (Lipinski definition) is 4. The second kappa shape index (κ2) is 7.89. The molecule has 1 aromatic carbocycles. The van der Waals surface area contributed by atoms with Crippen molar-refractivity contribution < 1.29 is 8.42 Å². The van der Waals surface area contributed by atoms with E-state index in [2.05, 4.69) is 10.0 Å². The van der Waals surface area contributed by atoms with Crippen molar-refractivity contribution in [3.63, 3.8) is 0 Å². The van der Waals surface area contributed by atoms with E-state index in [4.69, 9.17) is 0 Å². The third kappa shape index (κ3) is 5.39. The van der Waals surface area contributed by atoms with Crippen molar-refractivity contribution in [3.05, 3.63) is 28.8 Å². The Morgan fingerprint density at radius 2 is 1.86 bits per heavy atom. The van der Waals surface area contributed by atoms with Crippen molar-refractivity contribution in [2.45, 2.75) is 32.2 Å². The highest BCUT2D eigenvalue weighted by Gasteiger charge is 2.18. The molecule has 0 aliphatic carbocycles. The first-order valence-corrected chi connectivity index (χ1v) is 8.71. The van der Waals surface area contributed by atoms with Gasteiger partial charge in [0.1, 0.15) is 0 Å². The molecule has 0 aliphatic heterocycles. The van der Waals surface area contributed by atoms with Gasteiger partial charge in [0.2, 0.25) is 10.0 Å². The van der Waals surface area contributed by atoms with Gasteiger partial charge in [-0.3, -0.25) is 0 Å². The smallest absolute Gasteiger partial charge is 0.240 e. The van der Waals surface area contributed by atoms with E-state index < -0.39 is 10.0 Å². The van der Waals surface area contributed by atoms with Crippen LogP contribution in [0.4, 0.5) is 0 Å². The maximum atomic E-state index is 12.5. The molecule has 0 bridgehead atoms. The molecule has 0 heterocycles. The zero-order valence-electron chi connectivity index (χ0n) is 13.7. The highest BCUT2D eigenvalue weighted by atomic mass is 32.2. The van der Waals surface area contributed by atoms with Crippen molar-refractivity contribution in [1.82, 2.24) is 14.9 Å². The maximum Gasteiger partial charge on any atom is 0.240 e.